The minimum Gasteiger partial charge on any atom is -0.490 e. The lowest BCUT2D eigenvalue weighted by Gasteiger charge is -2.15. The molecular formula is C31H25Br2F3N2O4. The van der Waals surface area contributed by atoms with Gasteiger partial charge in [0, 0.05) is 5.56 Å². The van der Waals surface area contributed by atoms with Crippen molar-refractivity contribution in [1.82, 2.24) is 5.43 Å². The van der Waals surface area contributed by atoms with E-state index in [9.17, 15) is 18.0 Å². The fraction of sp³-hybridized carbons (Fsp3) is 0.161. The van der Waals surface area contributed by atoms with E-state index in [0.29, 0.717) is 45.0 Å². The second kappa shape index (κ2) is 14.4. The summed E-state index contributed by atoms with van der Waals surface area (Å²) >= 11 is 6.99. The van der Waals surface area contributed by atoms with Gasteiger partial charge in [-0.2, -0.15) is 18.3 Å². The van der Waals surface area contributed by atoms with Crippen LogP contribution in [0, 0.1) is 0 Å². The van der Waals surface area contributed by atoms with Crippen molar-refractivity contribution in [3.8, 4) is 17.2 Å². The number of halogens is 5. The maximum absolute atomic E-state index is 12.9. The summed E-state index contributed by atoms with van der Waals surface area (Å²) < 4.78 is 57.8. The van der Waals surface area contributed by atoms with E-state index in [-0.39, 0.29) is 12.2 Å². The Morgan fingerprint density at radius 3 is 2.24 bits per heavy atom. The molecule has 11 heteroatoms. The molecule has 4 rings (SSSR count). The van der Waals surface area contributed by atoms with Gasteiger partial charge >= 0.3 is 6.18 Å². The largest absolute Gasteiger partial charge is 0.490 e. The minimum absolute atomic E-state index is 0.156. The van der Waals surface area contributed by atoms with Crippen LogP contribution in [0.1, 0.15) is 39.5 Å². The number of hydrogen-bond donors (Lipinski definition) is 1. The van der Waals surface area contributed by atoms with Crippen molar-refractivity contribution in [2.75, 3.05) is 6.61 Å². The van der Waals surface area contributed by atoms with Crippen molar-refractivity contribution >= 4 is 44.0 Å². The zero-order valence-electron chi connectivity index (χ0n) is 22.3. The Kier molecular flexibility index (Phi) is 10.6. The summed E-state index contributed by atoms with van der Waals surface area (Å²) in [5, 5.41) is 3.87. The van der Waals surface area contributed by atoms with Crippen molar-refractivity contribution < 1.29 is 32.2 Å². The molecule has 0 unspecified atom stereocenters. The monoisotopic (exact) mass is 704 g/mol. The summed E-state index contributed by atoms with van der Waals surface area (Å²) in [6.07, 6.45) is -3.18. The van der Waals surface area contributed by atoms with Gasteiger partial charge in [0.15, 0.2) is 11.5 Å². The van der Waals surface area contributed by atoms with Crippen LogP contribution in [0.4, 0.5) is 13.2 Å². The van der Waals surface area contributed by atoms with E-state index in [0.717, 1.165) is 23.3 Å². The highest BCUT2D eigenvalue weighted by Crippen LogP contribution is 2.36. The lowest BCUT2D eigenvalue weighted by atomic mass is 10.1. The second-order valence-corrected chi connectivity index (χ2v) is 10.6. The third-order valence-electron chi connectivity index (χ3n) is 5.78. The topological polar surface area (TPSA) is 69.2 Å². The van der Waals surface area contributed by atoms with Crippen LogP contribution in [-0.4, -0.2) is 18.7 Å². The van der Waals surface area contributed by atoms with Crippen LogP contribution in [0.25, 0.3) is 0 Å². The Bertz CT molecular complexity index is 1540. The molecule has 0 heterocycles. The van der Waals surface area contributed by atoms with Gasteiger partial charge < -0.3 is 14.2 Å². The Balaban J connectivity index is 1.38. The second-order valence-electron chi connectivity index (χ2n) is 8.87. The average molecular weight is 706 g/mol. The zero-order valence-corrected chi connectivity index (χ0v) is 25.4. The van der Waals surface area contributed by atoms with Crippen LogP contribution in [0.3, 0.4) is 0 Å². The Morgan fingerprint density at radius 1 is 0.833 bits per heavy atom. The normalized spacial score (nSPS) is 11.4. The fourth-order valence-electron chi connectivity index (χ4n) is 3.78. The van der Waals surface area contributed by atoms with Gasteiger partial charge in [-0.15, -0.1) is 0 Å². The summed E-state index contributed by atoms with van der Waals surface area (Å²) in [6, 6.07) is 23.1. The molecule has 0 aliphatic rings. The highest BCUT2D eigenvalue weighted by Gasteiger charge is 2.30. The lowest BCUT2D eigenvalue weighted by Crippen LogP contribution is -2.18. The van der Waals surface area contributed by atoms with Crippen molar-refractivity contribution in [1.29, 1.82) is 0 Å². The average Bonchev–Trinajstić information content (AvgIpc) is 2.96. The first-order valence-electron chi connectivity index (χ1n) is 12.7. The standard InChI is InChI=1S/C31H25Br2F3N2O4/c1-2-40-28-15-21(11-12-27(28)41-18-20-7-4-3-5-8-20)19-42-29-25(32)13-22(14-26(29)33)17-37-38-30(39)23-9-6-10-24(16-23)31(34,35)36/h3-17H,2,18-19H2,1H3,(H,38,39)/b37-17+. The molecule has 0 radical (unpaired) electrons. The third kappa shape index (κ3) is 8.59. The molecule has 1 N–H and O–H groups in total. The molecule has 0 saturated carbocycles. The van der Waals surface area contributed by atoms with Crippen LogP contribution in [-0.2, 0) is 19.4 Å². The van der Waals surface area contributed by atoms with Gasteiger partial charge in [0.25, 0.3) is 5.91 Å². The molecule has 6 nitrogen and oxygen atoms in total. The summed E-state index contributed by atoms with van der Waals surface area (Å²) in [5.74, 6) is 1.03. The third-order valence-corrected chi connectivity index (χ3v) is 6.96. The van der Waals surface area contributed by atoms with E-state index >= 15 is 0 Å². The SMILES string of the molecule is CCOc1cc(COc2c(Br)cc(/C=N/NC(=O)c3cccc(C(F)(F)F)c3)cc2Br)ccc1OCc1ccccc1. The molecule has 218 valence electrons. The first-order chi connectivity index (χ1) is 20.1. The number of hydrogen-bond acceptors (Lipinski definition) is 5. The van der Waals surface area contributed by atoms with Crippen molar-refractivity contribution in [2.24, 2.45) is 5.10 Å². The first-order valence-corrected chi connectivity index (χ1v) is 14.3. The number of alkyl halides is 3. The number of amides is 1. The molecule has 4 aromatic carbocycles. The van der Waals surface area contributed by atoms with Crippen LogP contribution in [0.5, 0.6) is 17.2 Å². The fourth-order valence-corrected chi connectivity index (χ4v) is 5.23. The Morgan fingerprint density at radius 2 is 1.55 bits per heavy atom. The van der Waals surface area contributed by atoms with E-state index in [1.807, 2.05) is 55.5 Å². The summed E-state index contributed by atoms with van der Waals surface area (Å²) in [5.41, 5.74) is 3.69. The van der Waals surface area contributed by atoms with Gasteiger partial charge in [0.2, 0.25) is 0 Å². The number of carbonyl (C=O) groups excluding carboxylic acids is 1. The molecule has 0 bridgehead atoms. The minimum atomic E-state index is -4.55. The molecule has 0 aliphatic heterocycles. The molecular weight excluding hydrogens is 681 g/mol. The molecule has 42 heavy (non-hydrogen) atoms. The van der Waals surface area contributed by atoms with Gasteiger partial charge in [-0.05, 0) is 97.9 Å². The van der Waals surface area contributed by atoms with Gasteiger partial charge in [0.05, 0.1) is 27.3 Å². The van der Waals surface area contributed by atoms with Crippen LogP contribution in [0.2, 0.25) is 0 Å². The Hall–Kier alpha value is -3.83. The van der Waals surface area contributed by atoms with Gasteiger partial charge in [0.1, 0.15) is 19.0 Å². The number of ether oxygens (including phenoxy) is 3. The van der Waals surface area contributed by atoms with Crippen molar-refractivity contribution in [2.45, 2.75) is 26.3 Å². The van der Waals surface area contributed by atoms with Crippen LogP contribution >= 0.6 is 31.9 Å². The highest BCUT2D eigenvalue weighted by molar-refractivity contribution is 9.11. The number of nitrogens with zero attached hydrogens (tertiary/aromatic N) is 1. The molecule has 0 saturated heterocycles. The number of rotatable bonds is 11. The number of benzene rings is 4. The van der Waals surface area contributed by atoms with E-state index in [1.54, 1.807) is 12.1 Å². The van der Waals surface area contributed by atoms with Crippen molar-refractivity contribution in [3.05, 3.63) is 122 Å². The smallest absolute Gasteiger partial charge is 0.416 e. The molecule has 0 fully saturated rings. The lowest BCUT2D eigenvalue weighted by molar-refractivity contribution is -0.137. The number of carbonyl (C=O) groups is 1. The molecule has 0 atom stereocenters. The molecule has 4 aromatic rings. The van der Waals surface area contributed by atoms with Crippen LogP contribution in [0.15, 0.2) is 99.0 Å². The molecule has 0 spiro atoms. The van der Waals surface area contributed by atoms with Gasteiger partial charge in [-0.25, -0.2) is 5.43 Å². The summed E-state index contributed by atoms with van der Waals surface area (Å²) in [6.45, 7) is 3.05. The molecule has 1 amide bonds. The van der Waals surface area contributed by atoms with E-state index in [1.165, 1.54) is 18.3 Å². The molecule has 0 aromatic heterocycles. The molecule has 0 aliphatic carbocycles. The highest BCUT2D eigenvalue weighted by atomic mass is 79.9. The quantitative estimate of drug-likeness (QED) is 0.125. The Labute approximate surface area is 257 Å². The number of nitrogens with one attached hydrogen (secondary N) is 1. The predicted molar refractivity (Wildman–Crippen MR) is 161 cm³/mol. The maximum Gasteiger partial charge on any atom is 0.416 e. The first kappa shape index (κ1) is 31.1. The predicted octanol–water partition coefficient (Wildman–Crippen LogP) is 8.55. The maximum atomic E-state index is 12.9. The van der Waals surface area contributed by atoms with Gasteiger partial charge in [-0.1, -0.05) is 42.5 Å². The van der Waals surface area contributed by atoms with Gasteiger partial charge in [-0.3, -0.25) is 4.79 Å². The van der Waals surface area contributed by atoms with E-state index in [2.05, 4.69) is 42.4 Å². The van der Waals surface area contributed by atoms with Crippen molar-refractivity contribution in [3.63, 3.8) is 0 Å². The summed E-state index contributed by atoms with van der Waals surface area (Å²) in [4.78, 5) is 12.3. The number of hydrazone groups is 1. The zero-order chi connectivity index (χ0) is 30.1. The summed E-state index contributed by atoms with van der Waals surface area (Å²) in [7, 11) is 0. The van der Waals surface area contributed by atoms with Crippen LogP contribution < -0.4 is 19.6 Å². The van der Waals surface area contributed by atoms with E-state index in [4.69, 9.17) is 14.2 Å². The van der Waals surface area contributed by atoms with E-state index < -0.39 is 17.6 Å².